The molecule has 3 heteroatoms. The smallest absolute Gasteiger partial charge is 0.0805 e. The highest BCUT2D eigenvalue weighted by Crippen LogP contribution is 2.67. The van der Waals surface area contributed by atoms with Crippen molar-refractivity contribution >= 4 is 0 Å². The summed E-state index contributed by atoms with van der Waals surface area (Å²) < 4.78 is 0. The van der Waals surface area contributed by atoms with Gasteiger partial charge in [0.2, 0.25) is 0 Å². The van der Waals surface area contributed by atoms with Crippen LogP contribution in [0.2, 0.25) is 0 Å². The van der Waals surface area contributed by atoms with Gasteiger partial charge in [-0.1, -0.05) is 13.8 Å². The third kappa shape index (κ3) is 2.80. The predicted octanol–water partition coefficient (Wildman–Crippen LogP) is 4.71. The molecular weight excluding hydrogens is 370 g/mol. The van der Waals surface area contributed by atoms with E-state index in [1.54, 1.807) is 0 Å². The zero-order valence-corrected chi connectivity index (χ0v) is 19.6. The van der Waals surface area contributed by atoms with Crippen molar-refractivity contribution in [2.75, 3.05) is 13.1 Å². The van der Waals surface area contributed by atoms with Gasteiger partial charge in [-0.05, 0) is 124 Å². The van der Waals surface area contributed by atoms with E-state index >= 15 is 0 Å². The lowest BCUT2D eigenvalue weighted by molar-refractivity contribution is -0.175. The fourth-order valence-corrected chi connectivity index (χ4v) is 10.6. The van der Waals surface area contributed by atoms with E-state index in [1.807, 2.05) is 0 Å². The van der Waals surface area contributed by atoms with Gasteiger partial charge in [-0.25, -0.2) is 0 Å². The zero-order chi connectivity index (χ0) is 20.8. The van der Waals surface area contributed by atoms with E-state index in [1.165, 1.54) is 64.5 Å². The standard InChI is InChI=1S/C27H45NO2/c1-16-4-9-25-27(3,30)23-8-7-19-20-6-5-17-12-18(29)10-11-26(17,2)24(20)13-21(19)22(23)15-28(25)14-16/h16-25,29-30H,4-15H2,1-3H3/t16-,17-,18-,19-,20-,21+,22-,23-,24-,25-,26-,27-/m0/s1. The van der Waals surface area contributed by atoms with Crippen LogP contribution < -0.4 is 0 Å². The van der Waals surface area contributed by atoms with Crippen LogP contribution in [-0.4, -0.2) is 45.9 Å². The maximum atomic E-state index is 11.8. The Hall–Kier alpha value is -0.120. The minimum atomic E-state index is -0.497. The largest absolute Gasteiger partial charge is 0.393 e. The minimum absolute atomic E-state index is 0.0425. The third-order valence-electron chi connectivity index (χ3n) is 12.0. The van der Waals surface area contributed by atoms with Crippen LogP contribution in [0, 0.1) is 52.8 Å². The van der Waals surface area contributed by atoms with Crippen molar-refractivity contribution in [3.63, 3.8) is 0 Å². The van der Waals surface area contributed by atoms with Crippen LogP contribution in [0.5, 0.6) is 0 Å². The molecule has 2 N–H and O–H groups in total. The van der Waals surface area contributed by atoms with Gasteiger partial charge in [0.05, 0.1) is 11.7 Å². The summed E-state index contributed by atoms with van der Waals surface area (Å²) in [7, 11) is 0. The molecular formula is C27H45NO2. The third-order valence-corrected chi connectivity index (χ3v) is 12.0. The first-order valence-corrected chi connectivity index (χ1v) is 13.4. The molecule has 0 unspecified atom stereocenters. The number of fused-ring (bicyclic) bond motifs is 8. The number of aliphatic hydroxyl groups excluding tert-OH is 1. The molecule has 6 rings (SSSR count). The van der Waals surface area contributed by atoms with Crippen LogP contribution >= 0.6 is 0 Å². The molecule has 6 aliphatic rings. The van der Waals surface area contributed by atoms with Gasteiger partial charge in [0.1, 0.15) is 0 Å². The predicted molar refractivity (Wildman–Crippen MR) is 120 cm³/mol. The maximum Gasteiger partial charge on any atom is 0.0805 e. The summed E-state index contributed by atoms with van der Waals surface area (Å²) in [6.45, 7) is 9.68. The van der Waals surface area contributed by atoms with Crippen molar-refractivity contribution in [1.82, 2.24) is 4.90 Å². The average Bonchev–Trinajstić information content (AvgIpc) is 3.09. The molecule has 2 heterocycles. The number of hydrogen-bond donors (Lipinski definition) is 2. The summed E-state index contributed by atoms with van der Waals surface area (Å²) in [6, 6.07) is 0.400. The zero-order valence-electron chi connectivity index (χ0n) is 19.6. The van der Waals surface area contributed by atoms with Gasteiger partial charge in [-0.2, -0.15) is 0 Å². The fraction of sp³-hybridized carbons (Fsp3) is 1.00. The monoisotopic (exact) mass is 415 g/mol. The molecule has 170 valence electrons. The van der Waals surface area contributed by atoms with Gasteiger partial charge in [-0.15, -0.1) is 0 Å². The average molecular weight is 416 g/mol. The minimum Gasteiger partial charge on any atom is -0.393 e. The fourth-order valence-electron chi connectivity index (χ4n) is 10.6. The van der Waals surface area contributed by atoms with E-state index in [4.69, 9.17) is 0 Å². The first-order chi connectivity index (χ1) is 14.3. The van der Waals surface area contributed by atoms with Crippen LogP contribution in [0.15, 0.2) is 0 Å². The number of piperidine rings is 2. The van der Waals surface area contributed by atoms with Crippen molar-refractivity contribution in [2.45, 2.75) is 103 Å². The molecule has 2 saturated heterocycles. The molecule has 4 aliphatic carbocycles. The number of aliphatic hydroxyl groups is 2. The Morgan fingerprint density at radius 1 is 0.767 bits per heavy atom. The first kappa shape index (κ1) is 20.5. The lowest BCUT2D eigenvalue weighted by atomic mass is 9.52. The summed E-state index contributed by atoms with van der Waals surface area (Å²) in [4.78, 5) is 2.72. The molecule has 4 saturated carbocycles. The second-order valence-electron chi connectivity index (χ2n) is 13.3. The SMILES string of the molecule is C[C@H]1CC[C@@H]2N(C1)C[C@H]1[C@@H]3C[C@H]4[C@@H](CC[C@H]5C[C@@H](O)CC[C@@]54C)[C@@H]3CC[C@@H]1[C@]2(C)O. The van der Waals surface area contributed by atoms with Gasteiger partial charge in [0, 0.05) is 19.1 Å². The van der Waals surface area contributed by atoms with Crippen molar-refractivity contribution in [3.05, 3.63) is 0 Å². The Balaban J connectivity index is 1.29. The molecule has 2 aliphatic heterocycles. The first-order valence-electron chi connectivity index (χ1n) is 13.4. The van der Waals surface area contributed by atoms with Gasteiger partial charge >= 0.3 is 0 Å². The Kier molecular flexibility index (Phi) is 4.74. The Morgan fingerprint density at radius 2 is 1.57 bits per heavy atom. The Morgan fingerprint density at radius 3 is 2.40 bits per heavy atom. The van der Waals surface area contributed by atoms with Crippen molar-refractivity contribution in [3.8, 4) is 0 Å². The highest BCUT2D eigenvalue weighted by atomic mass is 16.3. The van der Waals surface area contributed by atoms with E-state index < -0.39 is 5.60 Å². The van der Waals surface area contributed by atoms with E-state index in [2.05, 4.69) is 25.7 Å². The summed E-state index contributed by atoms with van der Waals surface area (Å²) in [5, 5.41) is 22.1. The summed E-state index contributed by atoms with van der Waals surface area (Å²) >= 11 is 0. The van der Waals surface area contributed by atoms with E-state index in [9.17, 15) is 10.2 Å². The summed E-state index contributed by atoms with van der Waals surface area (Å²) in [5.41, 5.74) is -0.0302. The summed E-state index contributed by atoms with van der Waals surface area (Å²) in [6.07, 6.45) is 12.6. The quantitative estimate of drug-likeness (QED) is 0.602. The Bertz CT molecular complexity index is 678. The van der Waals surface area contributed by atoms with Crippen LogP contribution in [0.1, 0.15) is 85.0 Å². The molecule has 30 heavy (non-hydrogen) atoms. The van der Waals surface area contributed by atoms with Crippen LogP contribution in [0.25, 0.3) is 0 Å². The molecule has 0 aromatic heterocycles. The van der Waals surface area contributed by atoms with E-state index in [0.717, 1.165) is 48.3 Å². The summed E-state index contributed by atoms with van der Waals surface area (Å²) in [5.74, 6) is 6.32. The molecule has 0 spiro atoms. The molecule has 12 atom stereocenters. The molecule has 0 aromatic carbocycles. The Labute approximate surface area is 184 Å². The van der Waals surface area contributed by atoms with Crippen LogP contribution in [-0.2, 0) is 0 Å². The van der Waals surface area contributed by atoms with Crippen molar-refractivity contribution in [2.24, 2.45) is 52.8 Å². The number of hydrogen-bond acceptors (Lipinski definition) is 3. The maximum absolute atomic E-state index is 11.8. The topological polar surface area (TPSA) is 43.7 Å². The second-order valence-corrected chi connectivity index (χ2v) is 13.3. The van der Waals surface area contributed by atoms with Crippen LogP contribution in [0.3, 0.4) is 0 Å². The van der Waals surface area contributed by atoms with Gasteiger partial charge in [0.25, 0.3) is 0 Å². The molecule has 0 aromatic rings. The highest BCUT2D eigenvalue weighted by molar-refractivity contribution is 5.13. The molecule has 0 radical (unpaired) electrons. The highest BCUT2D eigenvalue weighted by Gasteiger charge is 2.63. The lowest BCUT2D eigenvalue weighted by Crippen LogP contribution is -2.67. The van der Waals surface area contributed by atoms with Gasteiger partial charge in [0.15, 0.2) is 0 Å². The number of rotatable bonds is 0. The molecule has 0 amide bonds. The van der Waals surface area contributed by atoms with Crippen LogP contribution in [0.4, 0.5) is 0 Å². The molecule has 0 bridgehead atoms. The van der Waals surface area contributed by atoms with Gasteiger partial charge in [-0.3, -0.25) is 4.90 Å². The molecule has 3 nitrogen and oxygen atoms in total. The van der Waals surface area contributed by atoms with Gasteiger partial charge < -0.3 is 10.2 Å². The second kappa shape index (κ2) is 6.94. The normalized spacial score (nSPS) is 60.7. The van der Waals surface area contributed by atoms with E-state index in [-0.39, 0.29) is 6.10 Å². The molecule has 6 fully saturated rings. The van der Waals surface area contributed by atoms with E-state index in [0.29, 0.717) is 23.3 Å². The van der Waals surface area contributed by atoms with Crippen molar-refractivity contribution < 1.29 is 10.2 Å². The lowest BCUT2D eigenvalue weighted by Gasteiger charge is -2.59. The number of nitrogens with zero attached hydrogens (tertiary/aromatic N) is 1. The van der Waals surface area contributed by atoms with Crippen molar-refractivity contribution in [1.29, 1.82) is 0 Å².